The van der Waals surface area contributed by atoms with Crippen LogP contribution in [0, 0.1) is 0 Å². The third kappa shape index (κ3) is 3.66. The first kappa shape index (κ1) is 14.1. The van der Waals surface area contributed by atoms with Gasteiger partial charge in [-0.3, -0.25) is 0 Å². The van der Waals surface area contributed by atoms with Crippen molar-refractivity contribution < 1.29 is 0 Å². The number of benzene rings is 1. The molecule has 0 aliphatic rings. The molecule has 1 nitrogen and oxygen atoms in total. The number of rotatable bonds is 3. The molecular weight excluding hydrogens is 240 g/mol. The molecule has 1 aromatic carbocycles. The lowest BCUT2D eigenvalue weighted by atomic mass is 10.0. The van der Waals surface area contributed by atoms with Gasteiger partial charge in [0, 0.05) is 16.1 Å². The van der Waals surface area contributed by atoms with Gasteiger partial charge in [0.2, 0.25) is 0 Å². The molecule has 14 heavy (non-hydrogen) atoms. The van der Waals surface area contributed by atoms with Gasteiger partial charge in [0.05, 0.1) is 0 Å². The van der Waals surface area contributed by atoms with Crippen LogP contribution >= 0.6 is 35.6 Å². The van der Waals surface area contributed by atoms with E-state index in [2.05, 4.69) is 6.92 Å². The van der Waals surface area contributed by atoms with Gasteiger partial charge in [-0.25, -0.2) is 0 Å². The Morgan fingerprint density at radius 2 is 2.00 bits per heavy atom. The molecule has 0 aromatic heterocycles. The van der Waals surface area contributed by atoms with E-state index in [0.717, 1.165) is 18.4 Å². The van der Waals surface area contributed by atoms with E-state index in [-0.39, 0.29) is 18.4 Å². The summed E-state index contributed by atoms with van der Waals surface area (Å²) in [7, 11) is 0. The minimum Gasteiger partial charge on any atom is -0.324 e. The second-order valence-corrected chi connectivity index (χ2v) is 3.90. The minimum absolute atomic E-state index is 0. The first-order valence-corrected chi connectivity index (χ1v) is 5.11. The Kier molecular flexibility index (Phi) is 6.54. The third-order valence-electron chi connectivity index (χ3n) is 1.96. The fraction of sp³-hybridized carbons (Fsp3) is 0.400. The molecule has 2 N–H and O–H groups in total. The molecule has 80 valence electrons. The Bertz CT molecular complexity index is 289. The van der Waals surface area contributed by atoms with Crippen molar-refractivity contribution in [2.45, 2.75) is 25.8 Å². The fourth-order valence-corrected chi connectivity index (χ4v) is 1.70. The van der Waals surface area contributed by atoms with Crippen LogP contribution in [0.2, 0.25) is 10.0 Å². The first-order chi connectivity index (χ1) is 6.15. The normalized spacial score (nSPS) is 12.0. The highest BCUT2D eigenvalue weighted by Crippen LogP contribution is 2.27. The maximum atomic E-state index is 5.99. The van der Waals surface area contributed by atoms with E-state index in [0.29, 0.717) is 10.0 Å². The smallest absolute Gasteiger partial charge is 0.0454 e. The van der Waals surface area contributed by atoms with Crippen LogP contribution in [-0.4, -0.2) is 0 Å². The van der Waals surface area contributed by atoms with Gasteiger partial charge in [0.1, 0.15) is 0 Å². The molecule has 4 heteroatoms. The van der Waals surface area contributed by atoms with Gasteiger partial charge in [-0.15, -0.1) is 12.4 Å². The highest BCUT2D eigenvalue weighted by atomic mass is 35.5. The number of nitrogens with two attached hydrogens (primary N) is 1. The van der Waals surface area contributed by atoms with Crippen LogP contribution in [0.5, 0.6) is 0 Å². The molecule has 1 rings (SSSR count). The van der Waals surface area contributed by atoms with Gasteiger partial charge in [-0.1, -0.05) is 36.5 Å². The van der Waals surface area contributed by atoms with Gasteiger partial charge >= 0.3 is 0 Å². The molecule has 0 amide bonds. The van der Waals surface area contributed by atoms with Crippen molar-refractivity contribution in [1.82, 2.24) is 0 Å². The summed E-state index contributed by atoms with van der Waals surface area (Å²) in [6.45, 7) is 2.10. The Hall–Kier alpha value is 0.0500. The zero-order valence-corrected chi connectivity index (χ0v) is 10.3. The molecule has 0 fully saturated rings. The van der Waals surface area contributed by atoms with Crippen molar-refractivity contribution in [1.29, 1.82) is 0 Å². The zero-order valence-electron chi connectivity index (χ0n) is 7.97. The van der Waals surface area contributed by atoms with Crippen molar-refractivity contribution in [3.05, 3.63) is 33.8 Å². The number of hydrogen-bond acceptors (Lipinski definition) is 1. The highest BCUT2D eigenvalue weighted by molar-refractivity contribution is 6.33. The summed E-state index contributed by atoms with van der Waals surface area (Å²) in [4.78, 5) is 0. The van der Waals surface area contributed by atoms with E-state index < -0.39 is 0 Å². The zero-order chi connectivity index (χ0) is 9.84. The molecule has 1 atom stereocenters. The molecule has 0 aliphatic carbocycles. The maximum absolute atomic E-state index is 5.99. The molecule has 0 radical (unpaired) electrons. The van der Waals surface area contributed by atoms with Crippen LogP contribution in [-0.2, 0) is 0 Å². The molecule has 0 bridgehead atoms. The molecule has 0 aliphatic heterocycles. The minimum atomic E-state index is -0.00352. The molecule has 0 unspecified atom stereocenters. The second kappa shape index (κ2) is 6.52. The van der Waals surface area contributed by atoms with E-state index in [1.165, 1.54) is 0 Å². The molecule has 0 spiro atoms. The van der Waals surface area contributed by atoms with E-state index in [1.54, 1.807) is 12.1 Å². The molecular formula is C10H14Cl3N. The Balaban J connectivity index is 0.00000169. The quantitative estimate of drug-likeness (QED) is 0.859. The van der Waals surface area contributed by atoms with Crippen LogP contribution < -0.4 is 5.73 Å². The summed E-state index contributed by atoms with van der Waals surface area (Å²) in [5.41, 5.74) is 6.87. The summed E-state index contributed by atoms with van der Waals surface area (Å²) in [6, 6.07) is 5.39. The van der Waals surface area contributed by atoms with Gasteiger partial charge in [-0.2, -0.15) is 0 Å². The topological polar surface area (TPSA) is 26.0 Å². The molecule has 1 aromatic rings. The first-order valence-electron chi connectivity index (χ1n) is 4.35. The fourth-order valence-electron chi connectivity index (χ4n) is 1.27. The van der Waals surface area contributed by atoms with Gasteiger partial charge < -0.3 is 5.73 Å². The monoisotopic (exact) mass is 253 g/mol. The van der Waals surface area contributed by atoms with Crippen LogP contribution in [0.3, 0.4) is 0 Å². The standard InChI is InChI=1S/C10H13Cl2N.ClH/c1-2-3-10(13)8-6-7(11)4-5-9(8)12;/h4-6,10H,2-3,13H2,1H3;1H/t10-;/m0./s1. The Morgan fingerprint density at radius 1 is 1.36 bits per heavy atom. The number of hydrogen-bond donors (Lipinski definition) is 1. The number of halogens is 3. The third-order valence-corrected chi connectivity index (χ3v) is 2.54. The van der Waals surface area contributed by atoms with Crippen LogP contribution in [0.4, 0.5) is 0 Å². The summed E-state index contributed by atoms with van der Waals surface area (Å²) in [5, 5.41) is 1.39. The average Bonchev–Trinajstić information content (AvgIpc) is 2.09. The van der Waals surface area contributed by atoms with Crippen molar-refractivity contribution in [3.63, 3.8) is 0 Å². The Morgan fingerprint density at radius 3 is 2.57 bits per heavy atom. The molecule has 0 saturated heterocycles. The van der Waals surface area contributed by atoms with E-state index in [4.69, 9.17) is 28.9 Å². The maximum Gasteiger partial charge on any atom is 0.0454 e. The largest absolute Gasteiger partial charge is 0.324 e. The van der Waals surface area contributed by atoms with Gasteiger partial charge in [0.25, 0.3) is 0 Å². The predicted molar refractivity (Wildman–Crippen MR) is 65.5 cm³/mol. The second-order valence-electron chi connectivity index (χ2n) is 3.06. The van der Waals surface area contributed by atoms with Crippen molar-refractivity contribution in [3.8, 4) is 0 Å². The predicted octanol–water partition coefficient (Wildman–Crippen LogP) is 4.22. The van der Waals surface area contributed by atoms with Crippen LogP contribution in [0.15, 0.2) is 18.2 Å². The summed E-state index contributed by atoms with van der Waals surface area (Å²) in [6.07, 6.45) is 1.98. The lowest BCUT2D eigenvalue weighted by Crippen LogP contribution is -2.10. The lowest BCUT2D eigenvalue weighted by molar-refractivity contribution is 0.639. The molecule has 0 heterocycles. The van der Waals surface area contributed by atoms with E-state index in [1.807, 2.05) is 6.07 Å². The van der Waals surface area contributed by atoms with E-state index >= 15 is 0 Å². The van der Waals surface area contributed by atoms with Gasteiger partial charge in [-0.05, 0) is 30.2 Å². The summed E-state index contributed by atoms with van der Waals surface area (Å²) < 4.78 is 0. The van der Waals surface area contributed by atoms with Gasteiger partial charge in [0.15, 0.2) is 0 Å². The lowest BCUT2D eigenvalue weighted by Gasteiger charge is -2.12. The van der Waals surface area contributed by atoms with E-state index in [9.17, 15) is 0 Å². The van der Waals surface area contributed by atoms with Crippen molar-refractivity contribution in [2.24, 2.45) is 5.73 Å². The molecule has 0 saturated carbocycles. The SMILES string of the molecule is CCC[C@H](N)c1cc(Cl)ccc1Cl.Cl. The van der Waals surface area contributed by atoms with Crippen LogP contribution in [0.1, 0.15) is 31.4 Å². The Labute approximate surface area is 101 Å². The highest BCUT2D eigenvalue weighted by Gasteiger charge is 2.09. The summed E-state index contributed by atoms with van der Waals surface area (Å²) in [5.74, 6) is 0. The van der Waals surface area contributed by atoms with Crippen LogP contribution in [0.25, 0.3) is 0 Å². The average molecular weight is 255 g/mol. The van der Waals surface area contributed by atoms with Crippen molar-refractivity contribution in [2.75, 3.05) is 0 Å². The van der Waals surface area contributed by atoms with Crippen molar-refractivity contribution >= 4 is 35.6 Å². The summed E-state index contributed by atoms with van der Waals surface area (Å²) >= 11 is 11.8.